The third kappa shape index (κ3) is 1.50. The Labute approximate surface area is 79.8 Å². The summed E-state index contributed by atoms with van der Waals surface area (Å²) in [5, 5.41) is 8.74. The Hall–Kier alpha value is -2.10. The number of nitrogens with zero attached hydrogens (tertiary/aromatic N) is 1. The van der Waals surface area contributed by atoms with E-state index >= 15 is 0 Å². The molecule has 2 rings (SSSR count). The van der Waals surface area contributed by atoms with Crippen LogP contribution in [0.2, 0.25) is 0 Å². The Kier molecular flexibility index (Phi) is 2.02. The Morgan fingerprint density at radius 3 is 2.86 bits per heavy atom. The highest BCUT2D eigenvalue weighted by atomic mass is 16.4. The van der Waals surface area contributed by atoms with Crippen LogP contribution in [0.5, 0.6) is 0 Å². The molecule has 2 aromatic heterocycles. The van der Waals surface area contributed by atoms with E-state index in [1.807, 2.05) is 0 Å². The largest absolute Gasteiger partial charge is 0.478 e. The molecular formula is C10H7NO3. The number of aromatic carboxylic acids is 1. The monoisotopic (exact) mass is 189 g/mol. The number of carboxylic acid groups (broad SMARTS) is 1. The van der Waals surface area contributed by atoms with Crippen LogP contribution in [0, 0.1) is 0 Å². The predicted octanol–water partition coefficient (Wildman–Crippen LogP) is 2.04. The molecular weight excluding hydrogens is 182 g/mol. The second-order valence-corrected chi connectivity index (χ2v) is 2.78. The predicted molar refractivity (Wildman–Crippen MR) is 48.9 cm³/mol. The maximum absolute atomic E-state index is 10.7. The molecule has 0 aliphatic carbocycles. The maximum atomic E-state index is 10.7. The lowest BCUT2D eigenvalue weighted by Crippen LogP contribution is -1.96. The van der Waals surface area contributed by atoms with Crippen molar-refractivity contribution in [3.8, 4) is 11.1 Å². The molecule has 0 atom stereocenters. The van der Waals surface area contributed by atoms with Crippen molar-refractivity contribution in [2.75, 3.05) is 0 Å². The normalized spacial score (nSPS) is 10.0. The van der Waals surface area contributed by atoms with Crippen molar-refractivity contribution in [2.24, 2.45) is 0 Å². The van der Waals surface area contributed by atoms with Gasteiger partial charge in [0, 0.05) is 23.5 Å². The minimum atomic E-state index is -0.983. The summed E-state index contributed by atoms with van der Waals surface area (Å²) in [6.45, 7) is 0. The average Bonchev–Trinajstić information content (AvgIpc) is 2.71. The highest BCUT2D eigenvalue weighted by molar-refractivity contribution is 5.88. The van der Waals surface area contributed by atoms with Crippen LogP contribution in [-0.4, -0.2) is 16.1 Å². The number of rotatable bonds is 2. The molecule has 0 spiro atoms. The van der Waals surface area contributed by atoms with Crippen molar-refractivity contribution in [2.45, 2.75) is 0 Å². The third-order valence-corrected chi connectivity index (χ3v) is 1.84. The molecule has 0 aliphatic rings. The molecule has 0 aromatic carbocycles. The summed E-state index contributed by atoms with van der Waals surface area (Å²) in [5.41, 5.74) is 1.72. The van der Waals surface area contributed by atoms with Gasteiger partial charge in [-0.3, -0.25) is 4.98 Å². The Balaban J connectivity index is 2.46. The number of aromatic nitrogens is 1. The van der Waals surface area contributed by atoms with Crippen molar-refractivity contribution < 1.29 is 14.3 Å². The van der Waals surface area contributed by atoms with Gasteiger partial charge in [0.2, 0.25) is 0 Å². The van der Waals surface area contributed by atoms with Crippen LogP contribution >= 0.6 is 0 Å². The number of hydrogen-bond acceptors (Lipinski definition) is 3. The van der Waals surface area contributed by atoms with Crippen molar-refractivity contribution >= 4 is 5.97 Å². The summed E-state index contributed by atoms with van der Waals surface area (Å²) in [4.78, 5) is 14.5. The van der Waals surface area contributed by atoms with E-state index in [9.17, 15) is 4.79 Å². The van der Waals surface area contributed by atoms with Crippen LogP contribution in [-0.2, 0) is 0 Å². The first-order valence-electron chi connectivity index (χ1n) is 3.98. The van der Waals surface area contributed by atoms with Crippen LogP contribution in [0.15, 0.2) is 41.5 Å². The van der Waals surface area contributed by atoms with Gasteiger partial charge < -0.3 is 9.52 Å². The molecule has 0 radical (unpaired) electrons. The van der Waals surface area contributed by atoms with Gasteiger partial charge in [-0.1, -0.05) is 0 Å². The minimum Gasteiger partial charge on any atom is -0.478 e. The summed E-state index contributed by atoms with van der Waals surface area (Å²) in [5.74, 6) is -0.983. The van der Waals surface area contributed by atoms with Gasteiger partial charge in [-0.15, -0.1) is 0 Å². The summed E-state index contributed by atoms with van der Waals surface area (Å²) < 4.78 is 4.89. The zero-order chi connectivity index (χ0) is 9.97. The average molecular weight is 189 g/mol. The van der Waals surface area contributed by atoms with E-state index in [-0.39, 0.29) is 5.56 Å². The Morgan fingerprint density at radius 1 is 1.36 bits per heavy atom. The molecule has 1 N–H and O–H groups in total. The lowest BCUT2D eigenvalue weighted by atomic mass is 10.1. The van der Waals surface area contributed by atoms with Gasteiger partial charge in [0.1, 0.15) is 0 Å². The third-order valence-electron chi connectivity index (χ3n) is 1.84. The van der Waals surface area contributed by atoms with Gasteiger partial charge in [-0.25, -0.2) is 4.79 Å². The van der Waals surface area contributed by atoms with Gasteiger partial charge in [0.25, 0.3) is 0 Å². The van der Waals surface area contributed by atoms with Gasteiger partial charge in [-0.2, -0.15) is 0 Å². The molecule has 4 heteroatoms. The zero-order valence-corrected chi connectivity index (χ0v) is 7.18. The molecule has 4 nitrogen and oxygen atoms in total. The molecule has 0 fully saturated rings. The number of hydrogen-bond donors (Lipinski definition) is 1. The van der Waals surface area contributed by atoms with Crippen LogP contribution in [0.3, 0.4) is 0 Å². The van der Waals surface area contributed by atoms with Crippen molar-refractivity contribution in [3.05, 3.63) is 42.6 Å². The maximum Gasteiger partial charge on any atom is 0.337 e. The molecule has 0 unspecified atom stereocenters. The van der Waals surface area contributed by atoms with E-state index in [4.69, 9.17) is 9.52 Å². The van der Waals surface area contributed by atoms with E-state index in [0.717, 1.165) is 11.1 Å². The van der Waals surface area contributed by atoms with Crippen LogP contribution in [0.4, 0.5) is 0 Å². The van der Waals surface area contributed by atoms with Crippen molar-refractivity contribution in [1.82, 2.24) is 4.98 Å². The molecule has 0 saturated heterocycles. The quantitative estimate of drug-likeness (QED) is 0.785. The van der Waals surface area contributed by atoms with E-state index in [1.54, 1.807) is 24.6 Å². The lowest BCUT2D eigenvalue weighted by Gasteiger charge is -1.97. The lowest BCUT2D eigenvalue weighted by molar-refractivity contribution is 0.0696. The first kappa shape index (κ1) is 8.50. The fourth-order valence-electron chi connectivity index (χ4n) is 1.14. The second kappa shape index (κ2) is 3.33. The number of pyridine rings is 1. The summed E-state index contributed by atoms with van der Waals surface area (Å²) in [6.07, 6.45) is 5.98. The van der Waals surface area contributed by atoms with Crippen molar-refractivity contribution in [3.63, 3.8) is 0 Å². The van der Waals surface area contributed by atoms with Gasteiger partial charge in [0.15, 0.2) is 0 Å². The highest BCUT2D eigenvalue weighted by Gasteiger charge is 2.05. The Bertz CT molecular complexity index is 448. The van der Waals surface area contributed by atoms with Gasteiger partial charge in [-0.05, 0) is 12.1 Å². The van der Waals surface area contributed by atoms with Gasteiger partial charge in [0.05, 0.1) is 18.1 Å². The summed E-state index contributed by atoms with van der Waals surface area (Å²) in [6, 6.07) is 3.31. The van der Waals surface area contributed by atoms with E-state index in [1.165, 1.54) is 12.5 Å². The SMILES string of the molecule is O=C(O)c1cncc(-c2ccoc2)c1. The molecule has 0 bridgehead atoms. The molecule has 0 amide bonds. The summed E-state index contributed by atoms with van der Waals surface area (Å²) >= 11 is 0. The first-order valence-corrected chi connectivity index (χ1v) is 3.98. The van der Waals surface area contributed by atoms with Crippen LogP contribution in [0.25, 0.3) is 11.1 Å². The zero-order valence-electron chi connectivity index (χ0n) is 7.18. The number of carbonyl (C=O) groups is 1. The topological polar surface area (TPSA) is 63.3 Å². The van der Waals surface area contributed by atoms with Crippen LogP contribution < -0.4 is 0 Å². The molecule has 0 aliphatic heterocycles. The smallest absolute Gasteiger partial charge is 0.337 e. The van der Waals surface area contributed by atoms with E-state index < -0.39 is 5.97 Å². The van der Waals surface area contributed by atoms with E-state index in [0.29, 0.717) is 0 Å². The Morgan fingerprint density at radius 2 is 2.21 bits per heavy atom. The first-order chi connectivity index (χ1) is 6.77. The molecule has 2 heterocycles. The minimum absolute atomic E-state index is 0.170. The molecule has 0 saturated carbocycles. The van der Waals surface area contributed by atoms with Crippen LogP contribution in [0.1, 0.15) is 10.4 Å². The number of carboxylic acids is 1. The molecule has 14 heavy (non-hydrogen) atoms. The van der Waals surface area contributed by atoms with Gasteiger partial charge >= 0.3 is 5.97 Å². The molecule has 70 valence electrons. The highest BCUT2D eigenvalue weighted by Crippen LogP contribution is 2.19. The fourth-order valence-corrected chi connectivity index (χ4v) is 1.14. The number of furan rings is 1. The van der Waals surface area contributed by atoms with Crippen molar-refractivity contribution in [1.29, 1.82) is 0 Å². The second-order valence-electron chi connectivity index (χ2n) is 2.78. The molecule has 2 aromatic rings. The standard InChI is InChI=1S/C10H7NO3/c12-10(13)9-3-8(4-11-5-9)7-1-2-14-6-7/h1-6H,(H,12,13). The fraction of sp³-hybridized carbons (Fsp3) is 0. The van der Waals surface area contributed by atoms with E-state index in [2.05, 4.69) is 4.98 Å². The summed E-state index contributed by atoms with van der Waals surface area (Å²) in [7, 11) is 0.